The minimum absolute atomic E-state index is 0.0185. The number of ketones is 1. The van der Waals surface area contributed by atoms with Crippen molar-refractivity contribution in [1.29, 1.82) is 0 Å². The number of halogens is 1. The first-order valence-electron chi connectivity index (χ1n) is 4.51. The zero-order valence-electron chi connectivity index (χ0n) is 7.96. The van der Waals surface area contributed by atoms with E-state index in [-0.39, 0.29) is 11.3 Å². The van der Waals surface area contributed by atoms with Crippen molar-refractivity contribution in [3.8, 4) is 0 Å². The van der Waals surface area contributed by atoms with Gasteiger partial charge in [-0.2, -0.15) is 5.10 Å². The number of aromatic nitrogens is 2. The van der Waals surface area contributed by atoms with Gasteiger partial charge in [-0.15, -0.1) is 0 Å². The van der Waals surface area contributed by atoms with E-state index in [0.29, 0.717) is 17.1 Å². The topological polar surface area (TPSA) is 60.9 Å². The Bertz CT molecular complexity index is 362. The van der Waals surface area contributed by atoms with E-state index < -0.39 is 0 Å². The molecule has 76 valence electrons. The zero-order valence-corrected chi connectivity index (χ0v) is 8.71. The first-order chi connectivity index (χ1) is 6.52. The van der Waals surface area contributed by atoms with E-state index in [1.54, 1.807) is 7.05 Å². The lowest BCUT2D eigenvalue weighted by atomic mass is 10.1. The summed E-state index contributed by atoms with van der Waals surface area (Å²) in [6.45, 7) is 0. The van der Waals surface area contributed by atoms with Crippen LogP contribution in [-0.4, -0.2) is 21.1 Å². The van der Waals surface area contributed by atoms with Crippen LogP contribution in [0.5, 0.6) is 0 Å². The molecule has 0 aromatic carbocycles. The molecule has 0 atom stereocenters. The lowest BCUT2D eigenvalue weighted by Gasteiger charge is -2.07. The van der Waals surface area contributed by atoms with E-state index in [1.807, 2.05) is 0 Å². The van der Waals surface area contributed by atoms with Gasteiger partial charge in [0.25, 0.3) is 0 Å². The third-order valence-corrected chi connectivity index (χ3v) is 2.84. The van der Waals surface area contributed by atoms with E-state index in [9.17, 15) is 4.79 Å². The largest absolute Gasteiger partial charge is 0.325 e. The minimum Gasteiger partial charge on any atom is -0.325 e. The molecule has 1 fully saturated rings. The molecular weight excluding hydrogens is 202 g/mol. The Labute approximate surface area is 87.0 Å². The second-order valence-corrected chi connectivity index (χ2v) is 4.33. The Morgan fingerprint density at radius 2 is 2.43 bits per heavy atom. The van der Waals surface area contributed by atoms with Crippen LogP contribution in [0.25, 0.3) is 0 Å². The third kappa shape index (κ3) is 1.67. The van der Waals surface area contributed by atoms with Gasteiger partial charge in [0, 0.05) is 19.0 Å². The fraction of sp³-hybridized carbons (Fsp3) is 0.556. The molecule has 14 heavy (non-hydrogen) atoms. The summed E-state index contributed by atoms with van der Waals surface area (Å²) in [6, 6.07) is 0. The van der Waals surface area contributed by atoms with E-state index in [1.165, 1.54) is 10.9 Å². The molecule has 1 aromatic heterocycles. The summed E-state index contributed by atoms with van der Waals surface area (Å²) >= 11 is 5.84. The lowest BCUT2D eigenvalue weighted by Crippen LogP contribution is -2.26. The maximum Gasteiger partial charge on any atom is 0.184 e. The summed E-state index contributed by atoms with van der Waals surface area (Å²) in [7, 11) is 1.70. The van der Waals surface area contributed by atoms with Crippen LogP contribution < -0.4 is 5.73 Å². The van der Waals surface area contributed by atoms with E-state index >= 15 is 0 Å². The fourth-order valence-electron chi connectivity index (χ4n) is 1.47. The van der Waals surface area contributed by atoms with Crippen molar-refractivity contribution < 1.29 is 4.79 Å². The van der Waals surface area contributed by atoms with E-state index in [0.717, 1.165) is 12.8 Å². The van der Waals surface area contributed by atoms with Crippen LogP contribution >= 0.6 is 11.6 Å². The average Bonchev–Trinajstić information content (AvgIpc) is 2.70. The first-order valence-corrected chi connectivity index (χ1v) is 4.89. The van der Waals surface area contributed by atoms with Crippen molar-refractivity contribution in [2.75, 3.05) is 0 Å². The van der Waals surface area contributed by atoms with E-state index in [2.05, 4.69) is 5.10 Å². The predicted octanol–water partition coefficient (Wildman–Crippen LogP) is 1.14. The second kappa shape index (κ2) is 3.07. The molecule has 2 N–H and O–H groups in total. The van der Waals surface area contributed by atoms with Gasteiger partial charge in [0.15, 0.2) is 5.78 Å². The molecule has 0 bridgehead atoms. The molecule has 1 heterocycles. The molecule has 2 rings (SSSR count). The maximum absolute atomic E-state index is 11.8. The zero-order chi connectivity index (χ0) is 10.3. The number of hydrogen-bond donors (Lipinski definition) is 1. The SMILES string of the molecule is Cn1ncc(Cl)c1C(=O)CC1(N)CC1. The normalized spacial score (nSPS) is 18.2. The Balaban J connectivity index is 2.18. The molecule has 0 aliphatic heterocycles. The van der Waals surface area contributed by atoms with Crippen molar-refractivity contribution in [2.45, 2.75) is 24.8 Å². The number of aryl methyl sites for hydroxylation is 1. The minimum atomic E-state index is -0.273. The molecule has 5 heteroatoms. The molecule has 4 nitrogen and oxygen atoms in total. The molecule has 1 aliphatic carbocycles. The van der Waals surface area contributed by atoms with Gasteiger partial charge in [0.2, 0.25) is 0 Å². The Morgan fingerprint density at radius 1 is 1.79 bits per heavy atom. The number of Topliss-reactive ketones (excluding diaryl/α,β-unsaturated/α-hetero) is 1. The van der Waals surface area contributed by atoms with Crippen LogP contribution in [-0.2, 0) is 7.05 Å². The summed E-state index contributed by atoms with van der Waals surface area (Å²) in [5.74, 6) is -0.0185. The lowest BCUT2D eigenvalue weighted by molar-refractivity contribution is 0.0962. The summed E-state index contributed by atoms with van der Waals surface area (Å²) in [5.41, 5.74) is 6.05. The Morgan fingerprint density at radius 3 is 2.86 bits per heavy atom. The highest BCUT2D eigenvalue weighted by atomic mass is 35.5. The van der Waals surface area contributed by atoms with Crippen molar-refractivity contribution in [3.05, 3.63) is 16.9 Å². The van der Waals surface area contributed by atoms with E-state index in [4.69, 9.17) is 17.3 Å². The molecule has 1 aromatic rings. The fourth-order valence-corrected chi connectivity index (χ4v) is 1.74. The summed E-state index contributed by atoms with van der Waals surface area (Å²) < 4.78 is 1.50. The summed E-state index contributed by atoms with van der Waals surface area (Å²) in [4.78, 5) is 11.8. The number of nitrogens with zero attached hydrogens (tertiary/aromatic N) is 2. The second-order valence-electron chi connectivity index (χ2n) is 3.93. The molecule has 0 radical (unpaired) electrons. The van der Waals surface area contributed by atoms with Gasteiger partial charge >= 0.3 is 0 Å². The molecule has 0 unspecified atom stereocenters. The van der Waals surface area contributed by atoms with Gasteiger partial charge in [0.05, 0.1) is 11.2 Å². The van der Waals surface area contributed by atoms with Crippen molar-refractivity contribution in [3.63, 3.8) is 0 Å². The molecule has 0 saturated heterocycles. The van der Waals surface area contributed by atoms with Crippen LogP contribution in [0.2, 0.25) is 5.02 Å². The predicted molar refractivity (Wildman–Crippen MR) is 53.3 cm³/mol. The van der Waals surface area contributed by atoms with Crippen LogP contribution in [0.15, 0.2) is 6.20 Å². The smallest absolute Gasteiger partial charge is 0.184 e. The van der Waals surface area contributed by atoms with Gasteiger partial charge < -0.3 is 5.73 Å². The monoisotopic (exact) mass is 213 g/mol. The van der Waals surface area contributed by atoms with Gasteiger partial charge in [-0.05, 0) is 12.8 Å². The molecule has 1 aliphatic rings. The highest BCUT2D eigenvalue weighted by Gasteiger charge is 2.40. The van der Waals surface area contributed by atoms with Crippen molar-refractivity contribution in [1.82, 2.24) is 9.78 Å². The van der Waals surface area contributed by atoms with Crippen molar-refractivity contribution >= 4 is 17.4 Å². The molecule has 0 amide bonds. The number of rotatable bonds is 3. The van der Waals surface area contributed by atoms with Gasteiger partial charge in [-0.25, -0.2) is 0 Å². The molecular formula is C9H12ClN3O. The quantitative estimate of drug-likeness (QED) is 0.766. The Hall–Kier alpha value is -0.870. The number of hydrogen-bond acceptors (Lipinski definition) is 3. The molecule has 0 spiro atoms. The first kappa shape index (κ1) is 9.68. The van der Waals surface area contributed by atoms with Crippen molar-refractivity contribution in [2.24, 2.45) is 12.8 Å². The summed E-state index contributed by atoms with van der Waals surface area (Å²) in [5, 5.41) is 4.32. The van der Waals surface area contributed by atoms with Crippen LogP contribution in [0, 0.1) is 0 Å². The van der Waals surface area contributed by atoms with Gasteiger partial charge in [-0.3, -0.25) is 9.48 Å². The summed E-state index contributed by atoms with van der Waals surface area (Å²) in [6.07, 6.45) is 3.69. The standard InChI is InChI=1S/C9H12ClN3O/c1-13-8(6(10)5-12-13)7(14)4-9(11)2-3-9/h5H,2-4,11H2,1H3. The number of carbonyl (C=O) groups excluding carboxylic acids is 1. The average molecular weight is 214 g/mol. The molecule has 1 saturated carbocycles. The van der Waals surface area contributed by atoms with Crippen LogP contribution in [0.3, 0.4) is 0 Å². The van der Waals surface area contributed by atoms with Gasteiger partial charge in [-0.1, -0.05) is 11.6 Å². The highest BCUT2D eigenvalue weighted by molar-refractivity contribution is 6.33. The number of nitrogens with two attached hydrogens (primary N) is 1. The van der Waals surface area contributed by atoms with Crippen LogP contribution in [0.1, 0.15) is 29.8 Å². The van der Waals surface area contributed by atoms with Crippen LogP contribution in [0.4, 0.5) is 0 Å². The van der Waals surface area contributed by atoms with Gasteiger partial charge in [0.1, 0.15) is 5.69 Å². The highest BCUT2D eigenvalue weighted by Crippen LogP contribution is 2.37. The third-order valence-electron chi connectivity index (χ3n) is 2.56. The number of carbonyl (C=O) groups is 1. The maximum atomic E-state index is 11.8. The Kier molecular flexibility index (Phi) is 2.12.